The van der Waals surface area contributed by atoms with E-state index in [9.17, 15) is 40.3 Å². The first-order chi connectivity index (χ1) is 6.89. The van der Waals surface area contributed by atoms with Crippen LogP contribution >= 0.6 is 0 Å². The van der Waals surface area contributed by atoms with Crippen molar-refractivity contribution in [3.05, 3.63) is 0 Å². The van der Waals surface area contributed by atoms with Crippen LogP contribution in [0.5, 0.6) is 0 Å². The number of carbonyl (C=O) groups is 2. The molecule has 0 rings (SSSR count). The Hall–Kier alpha value is -1.35. The van der Waals surface area contributed by atoms with E-state index in [1.807, 2.05) is 0 Å². The van der Waals surface area contributed by atoms with Crippen molar-refractivity contribution in [1.82, 2.24) is 0 Å². The number of alkyl halides is 7. The monoisotopic (exact) mass is 256 g/mol. The number of hydrogen-bond acceptors (Lipinski definition) is 3. The van der Waals surface area contributed by atoms with Crippen molar-refractivity contribution in [2.45, 2.75) is 18.0 Å². The average molecular weight is 256 g/mol. The molecule has 16 heavy (non-hydrogen) atoms. The molecule has 0 amide bonds. The smallest absolute Gasteiger partial charge is 0.460 e. The van der Waals surface area contributed by atoms with Crippen LogP contribution in [0.2, 0.25) is 0 Å². The number of hydrogen-bond donors (Lipinski definition) is 0. The molecule has 0 fully saturated rings. The van der Waals surface area contributed by atoms with Gasteiger partial charge in [-0.3, -0.25) is 4.79 Å². The van der Waals surface area contributed by atoms with Gasteiger partial charge in [0.1, 0.15) is 0 Å². The van der Waals surface area contributed by atoms with Gasteiger partial charge >= 0.3 is 29.8 Å². The van der Waals surface area contributed by atoms with Gasteiger partial charge in [0.2, 0.25) is 0 Å². The van der Waals surface area contributed by atoms with Crippen molar-refractivity contribution in [3.8, 4) is 0 Å². The Morgan fingerprint density at radius 3 is 1.56 bits per heavy atom. The summed E-state index contributed by atoms with van der Waals surface area (Å²) in [5.41, 5.74) is 0. The SMILES string of the molecule is COC(=O)C(=O)C(F)(F)C(F)(F)C(F)(F)F. The predicted molar refractivity (Wildman–Crippen MR) is 33.0 cm³/mol. The molecule has 0 heterocycles. The minimum Gasteiger partial charge on any atom is -0.463 e. The lowest BCUT2D eigenvalue weighted by atomic mass is 10.1. The molecular formula is C6H3F7O3. The van der Waals surface area contributed by atoms with Gasteiger partial charge in [-0.25, -0.2) is 4.79 Å². The van der Waals surface area contributed by atoms with E-state index >= 15 is 0 Å². The zero-order chi connectivity index (χ0) is 13.4. The maximum absolute atomic E-state index is 12.4. The van der Waals surface area contributed by atoms with Crippen molar-refractivity contribution < 1.29 is 45.1 Å². The van der Waals surface area contributed by atoms with Crippen LogP contribution in [0.15, 0.2) is 0 Å². The van der Waals surface area contributed by atoms with E-state index in [1.165, 1.54) is 0 Å². The molecule has 0 aromatic carbocycles. The van der Waals surface area contributed by atoms with Gasteiger partial charge in [0.05, 0.1) is 7.11 Å². The number of halogens is 7. The number of ketones is 1. The van der Waals surface area contributed by atoms with E-state index in [2.05, 4.69) is 4.74 Å². The molecule has 94 valence electrons. The summed E-state index contributed by atoms with van der Waals surface area (Å²) in [7, 11) is 0.377. The zero-order valence-electron chi connectivity index (χ0n) is 7.37. The van der Waals surface area contributed by atoms with Crippen molar-refractivity contribution in [2.24, 2.45) is 0 Å². The Balaban J connectivity index is 5.36. The number of rotatable bonds is 3. The highest BCUT2D eigenvalue weighted by molar-refractivity contribution is 6.36. The summed E-state index contributed by atoms with van der Waals surface area (Å²) in [4.78, 5) is 20.5. The van der Waals surface area contributed by atoms with Crippen LogP contribution in [0.1, 0.15) is 0 Å². The predicted octanol–water partition coefficient (Wildman–Crippen LogP) is 1.56. The second kappa shape index (κ2) is 3.91. The topological polar surface area (TPSA) is 43.4 Å². The molecule has 0 aliphatic heterocycles. The lowest BCUT2D eigenvalue weighted by Gasteiger charge is -2.25. The van der Waals surface area contributed by atoms with Crippen molar-refractivity contribution >= 4 is 11.8 Å². The molecule has 0 atom stereocenters. The van der Waals surface area contributed by atoms with Gasteiger partial charge < -0.3 is 4.74 Å². The molecule has 0 aromatic rings. The summed E-state index contributed by atoms with van der Waals surface area (Å²) in [6.07, 6.45) is -6.67. The second-order valence-corrected chi connectivity index (χ2v) is 2.47. The number of carbonyl (C=O) groups excluding carboxylic acids is 2. The largest absolute Gasteiger partial charge is 0.463 e. The Morgan fingerprint density at radius 1 is 0.938 bits per heavy atom. The highest BCUT2D eigenvalue weighted by Crippen LogP contribution is 2.46. The van der Waals surface area contributed by atoms with Crippen LogP contribution < -0.4 is 0 Å². The molecule has 0 saturated heterocycles. The van der Waals surface area contributed by atoms with E-state index in [1.54, 1.807) is 0 Å². The molecular weight excluding hydrogens is 253 g/mol. The Morgan fingerprint density at radius 2 is 1.31 bits per heavy atom. The van der Waals surface area contributed by atoms with Gasteiger partial charge in [-0.15, -0.1) is 0 Å². The quantitative estimate of drug-likeness (QED) is 0.437. The van der Waals surface area contributed by atoms with Crippen LogP contribution in [-0.2, 0) is 14.3 Å². The van der Waals surface area contributed by atoms with E-state index in [-0.39, 0.29) is 0 Å². The first kappa shape index (κ1) is 14.7. The minimum atomic E-state index is -6.67. The Kier molecular flexibility index (Phi) is 3.58. The Bertz CT molecular complexity index is 306. The van der Waals surface area contributed by atoms with Gasteiger partial charge in [0.15, 0.2) is 0 Å². The third kappa shape index (κ3) is 2.09. The van der Waals surface area contributed by atoms with Crippen LogP contribution in [0, 0.1) is 0 Å². The van der Waals surface area contributed by atoms with Gasteiger partial charge in [0.25, 0.3) is 0 Å². The molecule has 0 aliphatic carbocycles. The van der Waals surface area contributed by atoms with Crippen molar-refractivity contribution in [1.29, 1.82) is 0 Å². The zero-order valence-corrected chi connectivity index (χ0v) is 7.37. The average Bonchev–Trinajstić information content (AvgIpc) is 2.13. The molecule has 0 N–H and O–H groups in total. The van der Waals surface area contributed by atoms with Gasteiger partial charge in [-0.1, -0.05) is 0 Å². The standard InChI is InChI=1S/C6H3F7O3/c1-16-3(15)2(14)4(7,8)5(9,10)6(11,12)13/h1H3. The molecule has 0 radical (unpaired) electrons. The van der Waals surface area contributed by atoms with Crippen molar-refractivity contribution in [2.75, 3.05) is 7.11 Å². The van der Waals surface area contributed by atoms with Gasteiger partial charge in [-0.2, -0.15) is 30.7 Å². The number of methoxy groups -OCH3 is 1. The number of ether oxygens (including phenoxy) is 1. The molecule has 10 heteroatoms. The summed E-state index contributed by atoms with van der Waals surface area (Å²) in [5.74, 6) is -18.6. The fraction of sp³-hybridized carbons (Fsp3) is 0.667. The molecule has 0 unspecified atom stereocenters. The third-order valence-corrected chi connectivity index (χ3v) is 1.41. The second-order valence-electron chi connectivity index (χ2n) is 2.47. The maximum atomic E-state index is 12.4. The first-order valence-corrected chi connectivity index (χ1v) is 3.34. The summed E-state index contributed by atoms with van der Waals surface area (Å²) in [5, 5.41) is 0. The fourth-order valence-corrected chi connectivity index (χ4v) is 0.541. The van der Waals surface area contributed by atoms with Crippen LogP contribution in [0.25, 0.3) is 0 Å². The molecule has 0 saturated carbocycles. The van der Waals surface area contributed by atoms with E-state index in [4.69, 9.17) is 0 Å². The normalized spacial score (nSPS) is 13.5. The first-order valence-electron chi connectivity index (χ1n) is 3.34. The van der Waals surface area contributed by atoms with Crippen molar-refractivity contribution in [3.63, 3.8) is 0 Å². The Labute approximate surface area is 83.2 Å². The number of esters is 1. The van der Waals surface area contributed by atoms with Crippen LogP contribution in [0.3, 0.4) is 0 Å². The van der Waals surface area contributed by atoms with Gasteiger partial charge in [0, 0.05) is 0 Å². The lowest BCUT2D eigenvalue weighted by Crippen LogP contribution is -2.58. The highest BCUT2D eigenvalue weighted by atomic mass is 19.4. The van der Waals surface area contributed by atoms with Gasteiger partial charge in [-0.05, 0) is 0 Å². The third-order valence-electron chi connectivity index (χ3n) is 1.41. The summed E-state index contributed by atoms with van der Waals surface area (Å²) >= 11 is 0. The minimum absolute atomic E-state index is 0.377. The summed E-state index contributed by atoms with van der Waals surface area (Å²) in [6.45, 7) is 0. The molecule has 0 aromatic heterocycles. The van der Waals surface area contributed by atoms with Crippen LogP contribution in [-0.4, -0.2) is 36.9 Å². The van der Waals surface area contributed by atoms with E-state index < -0.39 is 29.8 Å². The highest BCUT2D eigenvalue weighted by Gasteiger charge is 2.77. The lowest BCUT2D eigenvalue weighted by molar-refractivity contribution is -0.343. The maximum Gasteiger partial charge on any atom is 0.460 e. The molecule has 0 spiro atoms. The summed E-state index contributed by atoms with van der Waals surface area (Å²) < 4.78 is 87.0. The number of Topliss-reactive ketones (excluding diaryl/α,β-unsaturated/α-hetero) is 1. The van der Waals surface area contributed by atoms with Crippen LogP contribution in [0.4, 0.5) is 30.7 Å². The van der Waals surface area contributed by atoms with E-state index in [0.717, 1.165) is 0 Å². The molecule has 0 aliphatic rings. The molecule has 0 bridgehead atoms. The summed E-state index contributed by atoms with van der Waals surface area (Å²) in [6, 6.07) is 0. The fourth-order valence-electron chi connectivity index (χ4n) is 0.541. The molecule has 3 nitrogen and oxygen atoms in total. The van der Waals surface area contributed by atoms with E-state index in [0.29, 0.717) is 7.11 Å².